The van der Waals surface area contributed by atoms with Crippen molar-refractivity contribution < 1.29 is 14.3 Å². The van der Waals surface area contributed by atoms with Crippen molar-refractivity contribution in [1.82, 2.24) is 20.1 Å². The van der Waals surface area contributed by atoms with Gasteiger partial charge in [-0.05, 0) is 32.9 Å². The van der Waals surface area contributed by atoms with E-state index in [1.54, 1.807) is 0 Å². The van der Waals surface area contributed by atoms with Crippen LogP contribution in [0, 0.1) is 0 Å². The number of rotatable bonds is 4. The third-order valence-corrected chi connectivity index (χ3v) is 4.53. The molecule has 1 atom stereocenters. The fourth-order valence-corrected chi connectivity index (χ4v) is 3.18. The Labute approximate surface area is 151 Å². The first-order chi connectivity index (χ1) is 11.8. The van der Waals surface area contributed by atoms with Crippen LogP contribution in [0.3, 0.4) is 0 Å². The molecule has 0 saturated heterocycles. The summed E-state index contributed by atoms with van der Waals surface area (Å²) in [5, 5.41) is 12.0. The SMILES string of the molecule is Cn1c(SCC(=O)NC(C)(C)C)nnc1[C@@H]1COc2ccccc2O1. The maximum absolute atomic E-state index is 12.0. The van der Waals surface area contributed by atoms with Crippen molar-refractivity contribution in [2.45, 2.75) is 37.6 Å². The Morgan fingerprint density at radius 1 is 1.32 bits per heavy atom. The van der Waals surface area contributed by atoms with E-state index in [0.717, 1.165) is 5.75 Å². The lowest BCUT2D eigenvalue weighted by molar-refractivity contribution is -0.119. The summed E-state index contributed by atoms with van der Waals surface area (Å²) in [5.74, 6) is 2.35. The predicted octanol–water partition coefficient (Wildman–Crippen LogP) is 2.33. The molecule has 8 heteroatoms. The molecular weight excluding hydrogens is 340 g/mol. The zero-order valence-corrected chi connectivity index (χ0v) is 15.6. The van der Waals surface area contributed by atoms with Gasteiger partial charge in [-0.15, -0.1) is 10.2 Å². The van der Waals surface area contributed by atoms with Crippen LogP contribution in [0.4, 0.5) is 0 Å². The molecule has 3 rings (SSSR count). The van der Waals surface area contributed by atoms with Gasteiger partial charge in [0.05, 0.1) is 5.75 Å². The number of ether oxygens (including phenoxy) is 2. The number of nitrogens with zero attached hydrogens (tertiary/aromatic N) is 3. The molecule has 0 bridgehead atoms. The lowest BCUT2D eigenvalue weighted by Crippen LogP contribution is -2.41. The van der Waals surface area contributed by atoms with Gasteiger partial charge in [-0.1, -0.05) is 23.9 Å². The van der Waals surface area contributed by atoms with Crippen LogP contribution in [-0.4, -0.2) is 38.6 Å². The van der Waals surface area contributed by atoms with Crippen LogP contribution in [0.2, 0.25) is 0 Å². The number of aromatic nitrogens is 3. The van der Waals surface area contributed by atoms with Crippen molar-refractivity contribution >= 4 is 17.7 Å². The number of benzene rings is 1. The van der Waals surface area contributed by atoms with E-state index in [4.69, 9.17) is 9.47 Å². The Balaban J connectivity index is 1.65. The summed E-state index contributed by atoms with van der Waals surface area (Å²) in [6, 6.07) is 7.54. The second kappa shape index (κ2) is 6.95. The summed E-state index contributed by atoms with van der Waals surface area (Å²) in [4.78, 5) is 12.0. The van der Waals surface area contributed by atoms with E-state index in [2.05, 4.69) is 15.5 Å². The van der Waals surface area contributed by atoms with Gasteiger partial charge < -0.3 is 19.4 Å². The summed E-state index contributed by atoms with van der Waals surface area (Å²) in [6.45, 7) is 6.23. The number of amides is 1. The molecule has 1 aromatic carbocycles. The van der Waals surface area contributed by atoms with Gasteiger partial charge in [0.15, 0.2) is 28.6 Å². The van der Waals surface area contributed by atoms with E-state index in [1.807, 2.05) is 56.7 Å². The minimum atomic E-state index is -0.329. The normalized spacial score (nSPS) is 16.6. The molecule has 0 unspecified atom stereocenters. The maximum atomic E-state index is 12.0. The van der Waals surface area contributed by atoms with Crippen molar-refractivity contribution in [3.63, 3.8) is 0 Å². The second-order valence-electron chi connectivity index (χ2n) is 6.85. The lowest BCUT2D eigenvalue weighted by Gasteiger charge is -2.25. The van der Waals surface area contributed by atoms with Crippen LogP contribution >= 0.6 is 11.8 Å². The minimum absolute atomic E-state index is 0.0340. The Morgan fingerprint density at radius 2 is 2.04 bits per heavy atom. The van der Waals surface area contributed by atoms with Gasteiger partial charge in [-0.3, -0.25) is 4.79 Å². The molecule has 1 aromatic heterocycles. The molecule has 1 amide bonds. The fourth-order valence-electron chi connectivity index (χ4n) is 2.46. The van der Waals surface area contributed by atoms with E-state index >= 15 is 0 Å². The lowest BCUT2D eigenvalue weighted by atomic mass is 10.1. The topological polar surface area (TPSA) is 78.3 Å². The third kappa shape index (κ3) is 4.25. The number of hydrogen-bond donors (Lipinski definition) is 1. The molecule has 0 saturated carbocycles. The number of nitrogens with one attached hydrogen (secondary N) is 1. The van der Waals surface area contributed by atoms with Crippen molar-refractivity contribution in [2.24, 2.45) is 7.05 Å². The van der Waals surface area contributed by atoms with E-state index in [9.17, 15) is 4.79 Å². The van der Waals surface area contributed by atoms with E-state index in [1.165, 1.54) is 11.8 Å². The van der Waals surface area contributed by atoms with Crippen molar-refractivity contribution in [2.75, 3.05) is 12.4 Å². The standard InChI is InChI=1S/C17H22N4O3S/c1-17(2,3)18-14(22)10-25-16-20-19-15(21(16)4)13-9-23-11-7-5-6-8-12(11)24-13/h5-8,13H,9-10H2,1-4H3,(H,18,22)/t13-/m0/s1. The van der Waals surface area contributed by atoms with Gasteiger partial charge in [0.2, 0.25) is 5.91 Å². The average Bonchev–Trinajstić information content (AvgIpc) is 2.92. The predicted molar refractivity (Wildman–Crippen MR) is 94.9 cm³/mol. The number of carbonyl (C=O) groups excluding carboxylic acids is 1. The fraction of sp³-hybridized carbons (Fsp3) is 0.471. The Morgan fingerprint density at radius 3 is 2.76 bits per heavy atom. The Kier molecular flexibility index (Phi) is 4.89. The molecule has 2 heterocycles. The van der Waals surface area contributed by atoms with Crippen LogP contribution in [0.15, 0.2) is 29.4 Å². The highest BCUT2D eigenvalue weighted by molar-refractivity contribution is 7.99. The van der Waals surface area contributed by atoms with E-state index < -0.39 is 0 Å². The van der Waals surface area contributed by atoms with E-state index in [0.29, 0.717) is 23.3 Å². The van der Waals surface area contributed by atoms with Crippen LogP contribution in [0.5, 0.6) is 11.5 Å². The summed E-state index contributed by atoms with van der Waals surface area (Å²) in [6.07, 6.45) is -0.329. The zero-order valence-electron chi connectivity index (χ0n) is 14.8. The highest BCUT2D eigenvalue weighted by atomic mass is 32.2. The third-order valence-electron chi connectivity index (χ3n) is 3.51. The van der Waals surface area contributed by atoms with Crippen LogP contribution in [-0.2, 0) is 11.8 Å². The molecule has 1 aliphatic rings. The molecule has 25 heavy (non-hydrogen) atoms. The molecule has 2 aromatic rings. The summed E-state index contributed by atoms with van der Waals surface area (Å²) in [7, 11) is 1.86. The molecule has 1 aliphatic heterocycles. The smallest absolute Gasteiger partial charge is 0.230 e. The first-order valence-corrected chi connectivity index (χ1v) is 9.03. The van der Waals surface area contributed by atoms with Crippen LogP contribution in [0.25, 0.3) is 0 Å². The van der Waals surface area contributed by atoms with Gasteiger partial charge in [-0.25, -0.2) is 0 Å². The Bertz CT molecular complexity index is 769. The van der Waals surface area contributed by atoms with Crippen molar-refractivity contribution in [3.8, 4) is 11.5 Å². The molecule has 134 valence electrons. The van der Waals surface area contributed by atoms with Crippen molar-refractivity contribution in [3.05, 3.63) is 30.1 Å². The summed E-state index contributed by atoms with van der Waals surface area (Å²) < 4.78 is 13.5. The summed E-state index contributed by atoms with van der Waals surface area (Å²) in [5.41, 5.74) is -0.247. The highest BCUT2D eigenvalue weighted by Crippen LogP contribution is 2.35. The molecule has 1 N–H and O–H groups in total. The first kappa shape index (κ1) is 17.6. The molecule has 0 radical (unpaired) electrons. The Hall–Kier alpha value is -2.22. The number of fused-ring (bicyclic) bond motifs is 1. The average molecular weight is 362 g/mol. The van der Waals surface area contributed by atoms with Crippen molar-refractivity contribution in [1.29, 1.82) is 0 Å². The van der Waals surface area contributed by atoms with E-state index in [-0.39, 0.29) is 23.3 Å². The number of para-hydroxylation sites is 2. The van der Waals surface area contributed by atoms with Gasteiger partial charge in [-0.2, -0.15) is 0 Å². The van der Waals surface area contributed by atoms with Crippen LogP contribution in [0.1, 0.15) is 32.7 Å². The molecule has 7 nitrogen and oxygen atoms in total. The molecular formula is C17H22N4O3S. The van der Waals surface area contributed by atoms with Crippen LogP contribution < -0.4 is 14.8 Å². The number of thioether (sulfide) groups is 1. The quantitative estimate of drug-likeness (QED) is 0.841. The molecule has 0 aliphatic carbocycles. The highest BCUT2D eigenvalue weighted by Gasteiger charge is 2.27. The van der Waals surface area contributed by atoms with Gasteiger partial charge in [0.1, 0.15) is 6.61 Å². The summed E-state index contributed by atoms with van der Waals surface area (Å²) >= 11 is 1.35. The molecule has 0 fully saturated rings. The minimum Gasteiger partial charge on any atom is -0.485 e. The largest absolute Gasteiger partial charge is 0.485 e. The monoisotopic (exact) mass is 362 g/mol. The number of carbonyl (C=O) groups is 1. The molecule has 0 spiro atoms. The first-order valence-electron chi connectivity index (χ1n) is 8.05. The van der Waals surface area contributed by atoms with Gasteiger partial charge in [0.25, 0.3) is 0 Å². The maximum Gasteiger partial charge on any atom is 0.230 e. The van der Waals surface area contributed by atoms with Gasteiger partial charge >= 0.3 is 0 Å². The second-order valence-corrected chi connectivity index (χ2v) is 7.79. The van der Waals surface area contributed by atoms with Gasteiger partial charge in [0, 0.05) is 12.6 Å². The zero-order chi connectivity index (χ0) is 18.0. The number of hydrogen-bond acceptors (Lipinski definition) is 6.